The molecular formula is C27H26FN5O3. The van der Waals surface area contributed by atoms with Gasteiger partial charge in [0.05, 0.1) is 18.7 Å². The number of nitrogens with zero attached hydrogens (tertiary/aromatic N) is 4. The molecule has 36 heavy (non-hydrogen) atoms. The number of aromatic nitrogens is 2. The minimum Gasteiger partial charge on any atom is -0.481 e. The number of likely N-dealkylation sites (tertiary alicyclic amines) is 1. The lowest BCUT2D eigenvalue weighted by molar-refractivity contribution is -0.137. The number of benzene rings is 2. The Bertz CT molecular complexity index is 1370. The number of aliphatic carboxylic acids is 1. The van der Waals surface area contributed by atoms with Crippen LogP contribution >= 0.6 is 0 Å². The van der Waals surface area contributed by atoms with Gasteiger partial charge in [0.2, 0.25) is 5.69 Å². The molecule has 2 heterocycles. The van der Waals surface area contributed by atoms with Crippen LogP contribution < -0.4 is 5.73 Å². The minimum atomic E-state index is -0.998. The highest BCUT2D eigenvalue weighted by Gasteiger charge is 2.31. The monoisotopic (exact) mass is 487 g/mol. The quantitative estimate of drug-likeness (QED) is 0.484. The maximum absolute atomic E-state index is 14.6. The largest absolute Gasteiger partial charge is 0.481 e. The Balaban J connectivity index is 1.68. The van der Waals surface area contributed by atoms with Gasteiger partial charge in [0.15, 0.2) is 5.69 Å². The number of carbonyl (C=O) groups is 2. The van der Waals surface area contributed by atoms with Gasteiger partial charge in [-0.15, -0.1) is 0 Å². The van der Waals surface area contributed by atoms with E-state index in [-0.39, 0.29) is 36.2 Å². The number of hydrogen-bond acceptors (Lipinski definition) is 4. The lowest BCUT2D eigenvalue weighted by Gasteiger charge is -2.16. The van der Waals surface area contributed by atoms with Crippen molar-refractivity contribution in [3.05, 3.63) is 76.7 Å². The normalized spacial score (nSPS) is 17.2. The SMILES string of the molecule is [C-]#[N+]c1ccc(-c2nc(C(=O)N3CC[C@H](N)C3)c(CCC(=O)O)n2-c2ccc(C3CC3)cc2)cc1F. The first-order valence-electron chi connectivity index (χ1n) is 12.0. The van der Waals surface area contributed by atoms with E-state index in [0.29, 0.717) is 48.2 Å². The number of hydrogen-bond donors (Lipinski definition) is 2. The third kappa shape index (κ3) is 4.60. The second-order valence-electron chi connectivity index (χ2n) is 9.40. The summed E-state index contributed by atoms with van der Waals surface area (Å²) in [6.45, 7) is 8.03. The van der Waals surface area contributed by atoms with Crippen LogP contribution in [-0.2, 0) is 11.2 Å². The number of carboxylic acid groups (broad SMARTS) is 1. The van der Waals surface area contributed by atoms with E-state index >= 15 is 0 Å². The average Bonchev–Trinajstić information content (AvgIpc) is 3.52. The van der Waals surface area contributed by atoms with E-state index in [2.05, 4.69) is 9.83 Å². The first-order valence-corrected chi connectivity index (χ1v) is 12.0. The summed E-state index contributed by atoms with van der Waals surface area (Å²) in [5.41, 5.74) is 8.81. The number of carbonyl (C=O) groups excluding carboxylic acids is 1. The van der Waals surface area contributed by atoms with Crippen LogP contribution in [-0.4, -0.2) is 50.6 Å². The van der Waals surface area contributed by atoms with Gasteiger partial charge in [-0.3, -0.25) is 14.2 Å². The molecule has 3 N–H and O–H groups in total. The first kappa shape index (κ1) is 23.7. The van der Waals surface area contributed by atoms with Crippen LogP contribution in [0.1, 0.15) is 53.3 Å². The second kappa shape index (κ2) is 9.55. The van der Waals surface area contributed by atoms with Gasteiger partial charge in [-0.25, -0.2) is 14.2 Å². The van der Waals surface area contributed by atoms with Gasteiger partial charge in [-0.1, -0.05) is 24.3 Å². The van der Waals surface area contributed by atoms with Crippen molar-refractivity contribution in [3.8, 4) is 17.1 Å². The van der Waals surface area contributed by atoms with Gasteiger partial charge in [-0.05, 0) is 48.9 Å². The number of nitrogens with two attached hydrogens (primary N) is 1. The van der Waals surface area contributed by atoms with Crippen LogP contribution in [0.4, 0.5) is 10.1 Å². The summed E-state index contributed by atoms with van der Waals surface area (Å²) in [5, 5.41) is 9.42. The Kier molecular flexibility index (Phi) is 6.29. The molecule has 8 nitrogen and oxygen atoms in total. The predicted molar refractivity (Wildman–Crippen MR) is 132 cm³/mol. The van der Waals surface area contributed by atoms with Crippen LogP contribution in [0.15, 0.2) is 42.5 Å². The average molecular weight is 488 g/mol. The molecule has 2 fully saturated rings. The van der Waals surface area contributed by atoms with Crippen molar-refractivity contribution in [3.63, 3.8) is 0 Å². The summed E-state index contributed by atoms with van der Waals surface area (Å²) < 4.78 is 16.4. The topological polar surface area (TPSA) is 106 Å². The Morgan fingerprint density at radius 1 is 1.17 bits per heavy atom. The maximum atomic E-state index is 14.6. The molecule has 9 heteroatoms. The molecule has 1 aliphatic heterocycles. The van der Waals surface area contributed by atoms with Gasteiger partial charge in [0.1, 0.15) is 11.6 Å². The van der Waals surface area contributed by atoms with E-state index in [4.69, 9.17) is 12.3 Å². The molecule has 2 aromatic carbocycles. The fourth-order valence-electron chi connectivity index (χ4n) is 4.72. The summed E-state index contributed by atoms with van der Waals surface area (Å²) >= 11 is 0. The summed E-state index contributed by atoms with van der Waals surface area (Å²) in [7, 11) is 0. The molecule has 184 valence electrons. The molecule has 1 atom stereocenters. The van der Waals surface area contributed by atoms with Crippen molar-refractivity contribution in [1.29, 1.82) is 0 Å². The van der Waals surface area contributed by atoms with Gasteiger partial charge in [0, 0.05) is 36.8 Å². The van der Waals surface area contributed by atoms with E-state index in [1.54, 1.807) is 15.5 Å². The molecule has 0 spiro atoms. The van der Waals surface area contributed by atoms with Crippen LogP contribution in [0, 0.1) is 12.4 Å². The number of halogens is 1. The number of imidazole rings is 1. The highest BCUT2D eigenvalue weighted by molar-refractivity contribution is 5.95. The fraction of sp³-hybridized carbons (Fsp3) is 0.333. The highest BCUT2D eigenvalue weighted by Crippen LogP contribution is 2.40. The zero-order valence-corrected chi connectivity index (χ0v) is 19.7. The number of carboxylic acids is 1. The molecule has 1 amide bonds. The van der Waals surface area contributed by atoms with E-state index in [9.17, 15) is 19.1 Å². The molecule has 5 rings (SSSR count). The van der Waals surface area contributed by atoms with Crippen LogP contribution in [0.3, 0.4) is 0 Å². The molecular weight excluding hydrogens is 461 g/mol. The zero-order chi connectivity index (χ0) is 25.4. The lowest BCUT2D eigenvalue weighted by atomic mass is 10.1. The lowest BCUT2D eigenvalue weighted by Crippen LogP contribution is -2.32. The van der Waals surface area contributed by atoms with Gasteiger partial charge < -0.3 is 15.7 Å². The molecule has 0 radical (unpaired) electrons. The zero-order valence-electron chi connectivity index (χ0n) is 19.7. The predicted octanol–water partition coefficient (Wildman–Crippen LogP) is 4.30. The Morgan fingerprint density at radius 3 is 2.50 bits per heavy atom. The standard InChI is InChI=1S/C27H26FN5O3/c1-30-22-9-6-18(14-21(22)28)26-31-25(27(36)32-13-12-19(29)15-32)23(10-11-24(34)35)33(26)20-7-4-17(5-8-20)16-2-3-16/h4-9,14,16,19H,2-3,10-13,15,29H2,(H,34,35)/t19-/m0/s1. The van der Waals surface area contributed by atoms with Crippen molar-refractivity contribution in [2.45, 2.75) is 44.1 Å². The maximum Gasteiger partial charge on any atom is 0.303 e. The molecule has 0 unspecified atom stereocenters. The van der Waals surface area contributed by atoms with Crippen molar-refractivity contribution >= 4 is 17.6 Å². The smallest absolute Gasteiger partial charge is 0.303 e. The van der Waals surface area contributed by atoms with E-state index in [1.807, 2.05) is 24.3 Å². The fourth-order valence-corrected chi connectivity index (χ4v) is 4.72. The van der Waals surface area contributed by atoms with Crippen molar-refractivity contribution in [2.75, 3.05) is 13.1 Å². The highest BCUT2D eigenvalue weighted by atomic mass is 19.1. The van der Waals surface area contributed by atoms with Crippen molar-refractivity contribution in [1.82, 2.24) is 14.5 Å². The van der Waals surface area contributed by atoms with Crippen molar-refractivity contribution < 1.29 is 19.1 Å². The van der Waals surface area contributed by atoms with Crippen LogP contribution in [0.5, 0.6) is 0 Å². The third-order valence-electron chi connectivity index (χ3n) is 6.79. The summed E-state index contributed by atoms with van der Waals surface area (Å²) in [5.74, 6) is -1.14. The van der Waals surface area contributed by atoms with E-state index < -0.39 is 11.8 Å². The van der Waals surface area contributed by atoms with Gasteiger partial charge in [0.25, 0.3) is 5.91 Å². The first-order chi connectivity index (χ1) is 17.4. The Hall–Kier alpha value is -4.03. The van der Waals surface area contributed by atoms with Crippen LogP contribution in [0.2, 0.25) is 0 Å². The minimum absolute atomic E-state index is 0.0658. The molecule has 1 aliphatic carbocycles. The number of amides is 1. The van der Waals surface area contributed by atoms with E-state index in [0.717, 1.165) is 12.8 Å². The third-order valence-corrected chi connectivity index (χ3v) is 6.79. The Labute approximate surface area is 208 Å². The molecule has 3 aromatic rings. The second-order valence-corrected chi connectivity index (χ2v) is 9.40. The van der Waals surface area contributed by atoms with Gasteiger partial charge >= 0.3 is 5.97 Å². The molecule has 1 aromatic heterocycles. The summed E-state index contributed by atoms with van der Waals surface area (Å²) in [6.07, 6.45) is 2.85. The molecule has 2 aliphatic rings. The summed E-state index contributed by atoms with van der Waals surface area (Å²) in [4.78, 5) is 34.5. The van der Waals surface area contributed by atoms with Crippen molar-refractivity contribution in [2.24, 2.45) is 5.73 Å². The molecule has 0 bridgehead atoms. The van der Waals surface area contributed by atoms with E-state index in [1.165, 1.54) is 17.7 Å². The molecule has 1 saturated heterocycles. The van der Waals surface area contributed by atoms with Gasteiger partial charge in [-0.2, -0.15) is 0 Å². The van der Waals surface area contributed by atoms with Crippen LogP contribution in [0.25, 0.3) is 21.9 Å². The summed E-state index contributed by atoms with van der Waals surface area (Å²) in [6, 6.07) is 12.0. The number of rotatable bonds is 7. The molecule has 1 saturated carbocycles. The Morgan fingerprint density at radius 2 is 1.92 bits per heavy atom.